The van der Waals surface area contributed by atoms with Gasteiger partial charge in [-0.1, -0.05) is 50.5 Å². The standard InChI is InChI=1S/C19H21N/c1-4-6-7-9-14(3)19-17-11-8-10-15(5-2)16(17)12-13-18(19)20/h2,8,10-13H,3-4,6-7,9,20H2,1H3. The Hall–Kier alpha value is -2.20. The van der Waals surface area contributed by atoms with Crippen LogP contribution < -0.4 is 5.73 Å². The Morgan fingerprint density at radius 1 is 1.20 bits per heavy atom. The molecule has 2 N–H and O–H groups in total. The average molecular weight is 263 g/mol. The van der Waals surface area contributed by atoms with E-state index in [1.54, 1.807) is 0 Å². The van der Waals surface area contributed by atoms with Gasteiger partial charge in [-0.25, -0.2) is 0 Å². The van der Waals surface area contributed by atoms with E-state index in [0.29, 0.717) is 0 Å². The molecule has 0 spiro atoms. The van der Waals surface area contributed by atoms with Gasteiger partial charge in [-0.15, -0.1) is 6.42 Å². The smallest absolute Gasteiger partial charge is 0.0396 e. The Morgan fingerprint density at radius 2 is 2.00 bits per heavy atom. The van der Waals surface area contributed by atoms with Crippen molar-refractivity contribution in [2.45, 2.75) is 32.6 Å². The number of benzene rings is 2. The fraction of sp³-hybridized carbons (Fsp3) is 0.263. The van der Waals surface area contributed by atoms with Crippen LogP contribution in [-0.4, -0.2) is 0 Å². The molecule has 2 aromatic rings. The summed E-state index contributed by atoms with van der Waals surface area (Å²) in [6, 6.07) is 9.96. The number of anilines is 1. The van der Waals surface area contributed by atoms with Gasteiger partial charge in [-0.3, -0.25) is 0 Å². The molecule has 0 heterocycles. The number of unbranched alkanes of at least 4 members (excludes halogenated alkanes) is 2. The molecule has 0 fully saturated rings. The van der Waals surface area contributed by atoms with Crippen LogP contribution in [0.4, 0.5) is 5.69 Å². The normalized spacial score (nSPS) is 10.4. The fourth-order valence-electron chi connectivity index (χ4n) is 2.61. The van der Waals surface area contributed by atoms with Gasteiger partial charge in [0, 0.05) is 16.8 Å². The van der Waals surface area contributed by atoms with Crippen molar-refractivity contribution < 1.29 is 0 Å². The van der Waals surface area contributed by atoms with Crippen molar-refractivity contribution in [3.8, 4) is 12.3 Å². The topological polar surface area (TPSA) is 26.0 Å². The summed E-state index contributed by atoms with van der Waals surface area (Å²) in [5, 5.41) is 2.19. The number of allylic oxidation sites excluding steroid dienone is 1. The third-order valence-corrected chi connectivity index (χ3v) is 3.68. The van der Waals surface area contributed by atoms with Gasteiger partial charge >= 0.3 is 0 Å². The number of hydrogen-bond donors (Lipinski definition) is 1. The van der Waals surface area contributed by atoms with Crippen LogP contribution >= 0.6 is 0 Å². The predicted molar refractivity (Wildman–Crippen MR) is 89.5 cm³/mol. The molecular formula is C19H21N. The van der Waals surface area contributed by atoms with Gasteiger partial charge in [0.05, 0.1) is 0 Å². The molecule has 0 bridgehead atoms. The van der Waals surface area contributed by atoms with E-state index in [1.165, 1.54) is 12.8 Å². The molecule has 2 aromatic carbocycles. The summed E-state index contributed by atoms with van der Waals surface area (Å²) in [5.74, 6) is 2.74. The maximum atomic E-state index is 6.17. The number of hydrogen-bond acceptors (Lipinski definition) is 1. The second-order valence-electron chi connectivity index (χ2n) is 5.14. The molecule has 0 amide bonds. The van der Waals surface area contributed by atoms with Crippen LogP contribution in [0.5, 0.6) is 0 Å². The SMILES string of the molecule is C#Cc1cccc2c(C(=C)CCCCC)c(N)ccc12. The number of nitrogen functional groups attached to an aromatic ring is 1. The molecule has 0 radical (unpaired) electrons. The molecule has 1 heteroatoms. The second-order valence-corrected chi connectivity index (χ2v) is 5.14. The Kier molecular flexibility index (Phi) is 4.48. The molecule has 0 saturated carbocycles. The number of terminal acetylenes is 1. The van der Waals surface area contributed by atoms with Gasteiger partial charge in [-0.05, 0) is 41.3 Å². The van der Waals surface area contributed by atoms with Gasteiger partial charge in [0.1, 0.15) is 0 Å². The summed E-state index contributed by atoms with van der Waals surface area (Å²) in [6.45, 7) is 6.43. The molecular weight excluding hydrogens is 242 g/mol. The van der Waals surface area contributed by atoms with Gasteiger partial charge < -0.3 is 5.73 Å². The molecule has 0 aliphatic heterocycles. The average Bonchev–Trinajstić information content (AvgIpc) is 2.46. The first-order chi connectivity index (χ1) is 9.69. The van der Waals surface area contributed by atoms with E-state index >= 15 is 0 Å². The third kappa shape index (κ3) is 2.70. The van der Waals surface area contributed by atoms with Gasteiger partial charge in [0.25, 0.3) is 0 Å². The largest absolute Gasteiger partial charge is 0.398 e. The summed E-state index contributed by atoms with van der Waals surface area (Å²) in [4.78, 5) is 0. The molecule has 102 valence electrons. The zero-order valence-corrected chi connectivity index (χ0v) is 12.1. The summed E-state index contributed by atoms with van der Waals surface area (Å²) in [5.41, 5.74) is 10.0. The third-order valence-electron chi connectivity index (χ3n) is 3.68. The van der Waals surface area contributed by atoms with Crippen molar-refractivity contribution in [3.05, 3.63) is 48.0 Å². The maximum Gasteiger partial charge on any atom is 0.0396 e. The number of rotatable bonds is 5. The first-order valence-electron chi connectivity index (χ1n) is 7.15. The van der Waals surface area contributed by atoms with Crippen LogP contribution in [0.15, 0.2) is 36.9 Å². The highest BCUT2D eigenvalue weighted by molar-refractivity contribution is 6.00. The Bertz CT molecular complexity index is 674. The van der Waals surface area contributed by atoms with Gasteiger partial charge in [0.2, 0.25) is 0 Å². The highest BCUT2D eigenvalue weighted by Crippen LogP contribution is 2.33. The lowest BCUT2D eigenvalue weighted by atomic mass is 9.92. The van der Waals surface area contributed by atoms with Crippen molar-refractivity contribution >= 4 is 22.0 Å². The van der Waals surface area contributed by atoms with E-state index in [9.17, 15) is 0 Å². The molecule has 0 aromatic heterocycles. The fourth-order valence-corrected chi connectivity index (χ4v) is 2.61. The molecule has 0 aliphatic rings. The molecule has 0 atom stereocenters. The van der Waals surface area contributed by atoms with Crippen molar-refractivity contribution in [2.24, 2.45) is 0 Å². The van der Waals surface area contributed by atoms with Crippen LogP contribution in [0.1, 0.15) is 43.7 Å². The first kappa shape index (κ1) is 14.2. The van der Waals surface area contributed by atoms with E-state index in [1.807, 2.05) is 24.3 Å². The molecule has 0 aliphatic carbocycles. The van der Waals surface area contributed by atoms with Gasteiger partial charge in [-0.2, -0.15) is 0 Å². The highest BCUT2D eigenvalue weighted by atomic mass is 14.6. The summed E-state index contributed by atoms with van der Waals surface area (Å²) < 4.78 is 0. The van der Waals surface area contributed by atoms with Crippen LogP contribution in [0.2, 0.25) is 0 Å². The lowest BCUT2D eigenvalue weighted by Gasteiger charge is -2.13. The Balaban J connectivity index is 2.49. The van der Waals surface area contributed by atoms with Crippen LogP contribution in [0.3, 0.4) is 0 Å². The lowest BCUT2D eigenvalue weighted by Crippen LogP contribution is -1.96. The summed E-state index contributed by atoms with van der Waals surface area (Å²) >= 11 is 0. The highest BCUT2D eigenvalue weighted by Gasteiger charge is 2.10. The van der Waals surface area contributed by atoms with Crippen molar-refractivity contribution in [3.63, 3.8) is 0 Å². The molecule has 1 nitrogen and oxygen atoms in total. The lowest BCUT2D eigenvalue weighted by molar-refractivity contribution is 0.736. The number of fused-ring (bicyclic) bond motifs is 1. The van der Waals surface area contributed by atoms with E-state index in [0.717, 1.165) is 46.0 Å². The van der Waals surface area contributed by atoms with Crippen LogP contribution in [-0.2, 0) is 0 Å². The van der Waals surface area contributed by atoms with Crippen molar-refractivity contribution in [1.29, 1.82) is 0 Å². The van der Waals surface area contributed by atoms with E-state index in [4.69, 9.17) is 12.2 Å². The van der Waals surface area contributed by atoms with E-state index in [2.05, 4.69) is 25.5 Å². The van der Waals surface area contributed by atoms with Crippen molar-refractivity contribution in [1.82, 2.24) is 0 Å². The van der Waals surface area contributed by atoms with Crippen LogP contribution in [0.25, 0.3) is 16.3 Å². The molecule has 0 saturated heterocycles. The monoisotopic (exact) mass is 263 g/mol. The minimum atomic E-state index is 0.785. The minimum absolute atomic E-state index is 0.785. The molecule has 20 heavy (non-hydrogen) atoms. The van der Waals surface area contributed by atoms with Crippen molar-refractivity contribution in [2.75, 3.05) is 5.73 Å². The zero-order valence-electron chi connectivity index (χ0n) is 12.1. The first-order valence-corrected chi connectivity index (χ1v) is 7.15. The number of nitrogens with two attached hydrogens (primary N) is 1. The quantitative estimate of drug-likeness (QED) is 0.458. The molecule has 0 unspecified atom stereocenters. The molecule has 2 rings (SSSR count). The Labute approximate surface area is 121 Å². The maximum absolute atomic E-state index is 6.17. The summed E-state index contributed by atoms with van der Waals surface area (Å²) in [7, 11) is 0. The van der Waals surface area contributed by atoms with E-state index in [-0.39, 0.29) is 0 Å². The summed E-state index contributed by atoms with van der Waals surface area (Å²) in [6.07, 6.45) is 10.1. The zero-order chi connectivity index (χ0) is 14.5. The second kappa shape index (κ2) is 6.30. The van der Waals surface area contributed by atoms with Gasteiger partial charge in [0.15, 0.2) is 0 Å². The van der Waals surface area contributed by atoms with E-state index < -0.39 is 0 Å². The van der Waals surface area contributed by atoms with Crippen LogP contribution in [0, 0.1) is 12.3 Å². The Morgan fingerprint density at radius 3 is 2.70 bits per heavy atom. The predicted octanol–water partition coefficient (Wildman–Crippen LogP) is 5.00. The minimum Gasteiger partial charge on any atom is -0.398 e.